The van der Waals surface area contributed by atoms with E-state index >= 15 is 0 Å². The van der Waals surface area contributed by atoms with Crippen molar-refractivity contribution in [1.82, 2.24) is 0 Å². The van der Waals surface area contributed by atoms with E-state index in [2.05, 4.69) is 0 Å². The number of carboxylic acids is 1. The van der Waals surface area contributed by atoms with Crippen LogP contribution in [0, 0.1) is 0 Å². The Bertz CT molecular complexity index is 413. The van der Waals surface area contributed by atoms with Crippen molar-refractivity contribution in [2.45, 2.75) is 18.9 Å². The zero-order chi connectivity index (χ0) is 12.8. The number of carboxylic acid groups (broad SMARTS) is 1. The summed E-state index contributed by atoms with van der Waals surface area (Å²) < 4.78 is 5.11. The van der Waals surface area contributed by atoms with Crippen molar-refractivity contribution in [1.29, 1.82) is 0 Å². The van der Waals surface area contributed by atoms with E-state index in [0.29, 0.717) is 24.2 Å². The quantitative estimate of drug-likeness (QED) is 0.721. The number of hydrogen-bond acceptors (Lipinski definition) is 4. The third-order valence-electron chi connectivity index (χ3n) is 2.39. The molecule has 0 bridgehead atoms. The first-order valence-corrected chi connectivity index (χ1v) is 5.12. The highest BCUT2D eigenvalue weighted by Crippen LogP contribution is 2.29. The van der Waals surface area contributed by atoms with Crippen molar-refractivity contribution >= 4 is 12.3 Å². The molecule has 2 N–H and O–H groups in total. The third-order valence-corrected chi connectivity index (χ3v) is 2.39. The average molecular weight is 238 g/mol. The maximum absolute atomic E-state index is 10.7. The Morgan fingerprint density at radius 3 is 2.76 bits per heavy atom. The molecular weight excluding hydrogens is 224 g/mol. The molecular formula is C12H14O5. The van der Waals surface area contributed by atoms with Crippen LogP contribution in [0.1, 0.15) is 23.7 Å². The number of aldehydes is 1. The smallest absolute Gasteiger partial charge is 0.337 e. The Kier molecular flexibility index (Phi) is 4.66. The molecule has 0 amide bonds. The summed E-state index contributed by atoms with van der Waals surface area (Å²) in [4.78, 5) is 21.1. The molecule has 17 heavy (non-hydrogen) atoms. The highest BCUT2D eigenvalue weighted by molar-refractivity contribution is 5.75. The molecule has 0 saturated carbocycles. The SMILES string of the molecule is COc1c(CCC=O)cccc1C(O)C(=O)O. The summed E-state index contributed by atoms with van der Waals surface area (Å²) in [6.45, 7) is 0. The molecule has 0 spiro atoms. The van der Waals surface area contributed by atoms with E-state index < -0.39 is 12.1 Å². The third kappa shape index (κ3) is 3.04. The molecule has 0 aliphatic carbocycles. The molecule has 1 aromatic rings. The number of aliphatic hydroxyl groups is 1. The van der Waals surface area contributed by atoms with Crippen molar-refractivity contribution in [3.8, 4) is 5.75 Å². The number of methoxy groups -OCH3 is 1. The highest BCUT2D eigenvalue weighted by atomic mass is 16.5. The van der Waals surface area contributed by atoms with Crippen LogP contribution in [0.15, 0.2) is 18.2 Å². The molecule has 1 atom stereocenters. The van der Waals surface area contributed by atoms with Crippen LogP contribution in [0.5, 0.6) is 5.75 Å². The van der Waals surface area contributed by atoms with Gasteiger partial charge in [-0.05, 0) is 12.0 Å². The number of rotatable bonds is 6. The summed E-state index contributed by atoms with van der Waals surface area (Å²) in [5, 5.41) is 18.3. The molecule has 1 unspecified atom stereocenters. The Balaban J connectivity index is 3.13. The maximum Gasteiger partial charge on any atom is 0.337 e. The van der Waals surface area contributed by atoms with Crippen molar-refractivity contribution in [2.24, 2.45) is 0 Å². The number of aliphatic carboxylic acids is 1. The molecule has 0 heterocycles. The minimum Gasteiger partial charge on any atom is -0.496 e. The van der Waals surface area contributed by atoms with Gasteiger partial charge in [0.1, 0.15) is 12.0 Å². The van der Waals surface area contributed by atoms with Gasteiger partial charge in [0.15, 0.2) is 6.10 Å². The van der Waals surface area contributed by atoms with E-state index in [9.17, 15) is 14.7 Å². The molecule has 0 aliphatic heterocycles. The first-order chi connectivity index (χ1) is 8.11. The molecule has 0 aromatic heterocycles. The zero-order valence-electron chi connectivity index (χ0n) is 9.42. The predicted molar refractivity (Wildman–Crippen MR) is 60.0 cm³/mol. The monoisotopic (exact) mass is 238 g/mol. The summed E-state index contributed by atoms with van der Waals surface area (Å²) in [6.07, 6.45) is -0.0728. The van der Waals surface area contributed by atoms with E-state index in [0.717, 1.165) is 6.29 Å². The van der Waals surface area contributed by atoms with Gasteiger partial charge in [0, 0.05) is 12.0 Å². The summed E-state index contributed by atoms with van der Waals surface area (Å²) in [6, 6.07) is 4.85. The number of ether oxygens (including phenoxy) is 1. The van der Waals surface area contributed by atoms with Crippen LogP contribution >= 0.6 is 0 Å². The second-order valence-electron chi connectivity index (χ2n) is 3.49. The number of benzene rings is 1. The predicted octanol–water partition coefficient (Wildman–Crippen LogP) is 0.945. The van der Waals surface area contributed by atoms with Gasteiger partial charge >= 0.3 is 5.97 Å². The Morgan fingerprint density at radius 1 is 1.53 bits per heavy atom. The van der Waals surface area contributed by atoms with Gasteiger partial charge in [-0.2, -0.15) is 0 Å². The van der Waals surface area contributed by atoms with E-state index in [1.807, 2.05) is 0 Å². The fourth-order valence-corrected chi connectivity index (χ4v) is 1.61. The average Bonchev–Trinajstić information content (AvgIpc) is 2.34. The largest absolute Gasteiger partial charge is 0.496 e. The molecule has 5 nitrogen and oxygen atoms in total. The molecule has 0 aliphatic rings. The maximum atomic E-state index is 10.7. The van der Waals surface area contributed by atoms with Gasteiger partial charge in [-0.3, -0.25) is 0 Å². The number of aryl methyl sites for hydroxylation is 1. The summed E-state index contributed by atoms with van der Waals surface area (Å²) in [5.41, 5.74) is 0.904. The Labute approximate surface area is 98.6 Å². The summed E-state index contributed by atoms with van der Waals surface area (Å²) >= 11 is 0. The number of aliphatic hydroxyl groups excluding tert-OH is 1. The van der Waals surface area contributed by atoms with E-state index in [1.165, 1.54) is 13.2 Å². The van der Waals surface area contributed by atoms with Gasteiger partial charge in [0.05, 0.1) is 7.11 Å². The lowest BCUT2D eigenvalue weighted by Crippen LogP contribution is -2.12. The number of carbonyl (C=O) groups is 2. The second kappa shape index (κ2) is 6.00. The topological polar surface area (TPSA) is 83.8 Å². The van der Waals surface area contributed by atoms with Crippen molar-refractivity contribution in [3.63, 3.8) is 0 Å². The van der Waals surface area contributed by atoms with Crippen molar-refractivity contribution < 1.29 is 24.5 Å². The van der Waals surface area contributed by atoms with Crippen LogP contribution in [0.2, 0.25) is 0 Å². The van der Waals surface area contributed by atoms with Crippen LogP contribution in [-0.4, -0.2) is 29.6 Å². The van der Waals surface area contributed by atoms with Crippen LogP contribution < -0.4 is 4.74 Å². The summed E-state index contributed by atoms with van der Waals surface area (Å²) in [5.74, 6) is -1.01. The van der Waals surface area contributed by atoms with Crippen molar-refractivity contribution in [2.75, 3.05) is 7.11 Å². The standard InChI is InChI=1S/C12H14O5/c1-17-11-8(5-3-7-13)4-2-6-9(11)10(14)12(15)16/h2,4,6-7,10,14H,3,5H2,1H3,(H,15,16). The Hall–Kier alpha value is -1.88. The fraction of sp³-hybridized carbons (Fsp3) is 0.333. The first-order valence-electron chi connectivity index (χ1n) is 5.12. The number of carbonyl (C=O) groups excluding carboxylic acids is 1. The molecule has 0 saturated heterocycles. The minimum atomic E-state index is -1.62. The lowest BCUT2D eigenvalue weighted by atomic mass is 10.0. The van der Waals surface area contributed by atoms with Crippen molar-refractivity contribution in [3.05, 3.63) is 29.3 Å². The molecule has 92 valence electrons. The molecule has 0 fully saturated rings. The van der Waals surface area contributed by atoms with Gasteiger partial charge in [0.25, 0.3) is 0 Å². The van der Waals surface area contributed by atoms with Crippen LogP contribution in [0.3, 0.4) is 0 Å². The van der Waals surface area contributed by atoms with Gasteiger partial charge < -0.3 is 19.7 Å². The summed E-state index contributed by atoms with van der Waals surface area (Å²) in [7, 11) is 1.40. The molecule has 0 radical (unpaired) electrons. The Morgan fingerprint density at radius 2 is 2.24 bits per heavy atom. The van der Waals surface area contributed by atoms with E-state index in [4.69, 9.17) is 9.84 Å². The van der Waals surface area contributed by atoms with Gasteiger partial charge in [-0.15, -0.1) is 0 Å². The first kappa shape index (κ1) is 13.2. The molecule has 5 heteroatoms. The van der Waals surface area contributed by atoms with E-state index in [1.54, 1.807) is 12.1 Å². The highest BCUT2D eigenvalue weighted by Gasteiger charge is 2.21. The van der Waals surface area contributed by atoms with Crippen LogP contribution in [0.25, 0.3) is 0 Å². The number of hydrogen-bond donors (Lipinski definition) is 2. The van der Waals surface area contributed by atoms with E-state index in [-0.39, 0.29) is 5.56 Å². The van der Waals surface area contributed by atoms with Gasteiger partial charge in [-0.25, -0.2) is 4.79 Å². The lowest BCUT2D eigenvalue weighted by Gasteiger charge is -2.14. The normalized spacial score (nSPS) is 11.9. The molecule has 1 aromatic carbocycles. The fourth-order valence-electron chi connectivity index (χ4n) is 1.61. The minimum absolute atomic E-state index is 0.198. The van der Waals surface area contributed by atoms with Gasteiger partial charge in [0.2, 0.25) is 0 Å². The van der Waals surface area contributed by atoms with Crippen LogP contribution in [-0.2, 0) is 16.0 Å². The number of para-hydroxylation sites is 1. The molecule has 1 rings (SSSR count). The van der Waals surface area contributed by atoms with Gasteiger partial charge in [-0.1, -0.05) is 18.2 Å². The zero-order valence-corrected chi connectivity index (χ0v) is 9.42. The van der Waals surface area contributed by atoms with Crippen LogP contribution in [0.4, 0.5) is 0 Å². The second-order valence-corrected chi connectivity index (χ2v) is 3.49. The lowest BCUT2D eigenvalue weighted by molar-refractivity contribution is -0.147.